The molecule has 1 spiro atoms. The van der Waals surface area contributed by atoms with E-state index in [4.69, 9.17) is 9.73 Å². The Hall–Kier alpha value is -0.220. The van der Waals surface area contributed by atoms with Crippen LogP contribution in [-0.4, -0.2) is 36.2 Å². The van der Waals surface area contributed by atoms with Gasteiger partial charge in [0, 0.05) is 18.4 Å². The van der Waals surface area contributed by atoms with E-state index in [2.05, 4.69) is 19.2 Å². The van der Waals surface area contributed by atoms with Crippen LogP contribution < -0.4 is 5.32 Å². The van der Waals surface area contributed by atoms with Gasteiger partial charge in [-0.1, -0.05) is 38.5 Å². The van der Waals surface area contributed by atoms with E-state index in [9.17, 15) is 0 Å². The van der Waals surface area contributed by atoms with E-state index in [1.54, 1.807) is 7.11 Å². The molecule has 0 aromatic heterocycles. The summed E-state index contributed by atoms with van der Waals surface area (Å²) in [5, 5.41) is 4.81. The average Bonchev–Trinajstić information content (AvgIpc) is 2.89. The largest absolute Gasteiger partial charge is 0.382 e. The number of amidine groups is 1. The van der Waals surface area contributed by atoms with E-state index in [1.807, 2.05) is 11.8 Å². The predicted molar refractivity (Wildman–Crippen MR) is 74.7 cm³/mol. The number of aliphatic imine (C=N–C) groups is 1. The van der Waals surface area contributed by atoms with Crippen LogP contribution in [0.3, 0.4) is 0 Å². The lowest BCUT2D eigenvalue weighted by Gasteiger charge is -2.22. The van der Waals surface area contributed by atoms with Crippen molar-refractivity contribution >= 4 is 16.9 Å². The predicted octanol–water partition coefficient (Wildman–Crippen LogP) is 2.66. The highest BCUT2D eigenvalue weighted by Gasteiger charge is 2.39. The van der Waals surface area contributed by atoms with Crippen molar-refractivity contribution in [2.45, 2.75) is 51.1 Å². The number of hydrogen-bond acceptors (Lipinski definition) is 3. The molecule has 2 rings (SSSR count). The second-order valence-electron chi connectivity index (χ2n) is 5.60. The third-order valence-electron chi connectivity index (χ3n) is 3.81. The third-order valence-corrected chi connectivity index (χ3v) is 4.99. The first-order chi connectivity index (χ1) is 8.15. The lowest BCUT2D eigenvalue weighted by Crippen LogP contribution is -2.41. The van der Waals surface area contributed by atoms with Crippen LogP contribution in [0.2, 0.25) is 0 Å². The lowest BCUT2D eigenvalue weighted by atomic mass is 10.0. The zero-order valence-corrected chi connectivity index (χ0v) is 12.0. The number of ether oxygens (including phenoxy) is 1. The minimum Gasteiger partial charge on any atom is -0.382 e. The van der Waals surface area contributed by atoms with Crippen molar-refractivity contribution in [2.24, 2.45) is 10.9 Å². The summed E-state index contributed by atoms with van der Waals surface area (Å²) in [5.41, 5.74) is 0.373. The molecule has 2 aliphatic rings. The highest BCUT2D eigenvalue weighted by Crippen LogP contribution is 2.37. The minimum absolute atomic E-state index is 0.284. The Morgan fingerprint density at radius 1 is 1.41 bits per heavy atom. The Morgan fingerprint density at radius 2 is 2.12 bits per heavy atom. The van der Waals surface area contributed by atoms with Gasteiger partial charge in [-0.3, -0.25) is 4.99 Å². The molecule has 98 valence electrons. The van der Waals surface area contributed by atoms with E-state index in [1.165, 1.54) is 31.4 Å². The molecule has 17 heavy (non-hydrogen) atoms. The monoisotopic (exact) mass is 256 g/mol. The van der Waals surface area contributed by atoms with Gasteiger partial charge < -0.3 is 10.1 Å². The Morgan fingerprint density at radius 3 is 2.71 bits per heavy atom. The first-order valence-corrected chi connectivity index (χ1v) is 7.61. The normalized spacial score (nSPS) is 26.9. The highest BCUT2D eigenvalue weighted by atomic mass is 32.2. The van der Waals surface area contributed by atoms with Crippen LogP contribution in [0, 0.1) is 5.92 Å². The summed E-state index contributed by atoms with van der Waals surface area (Å²) in [6.07, 6.45) is 5.37. The Labute approximate surface area is 109 Å². The molecule has 1 unspecified atom stereocenters. The zero-order valence-electron chi connectivity index (χ0n) is 11.2. The smallest absolute Gasteiger partial charge is 0.157 e. The zero-order chi connectivity index (χ0) is 12.3. The van der Waals surface area contributed by atoms with Crippen LogP contribution >= 0.6 is 11.8 Å². The van der Waals surface area contributed by atoms with Crippen molar-refractivity contribution in [2.75, 3.05) is 19.5 Å². The standard InChI is InChI=1S/C13H24N2OS/c1-10(2)11(8-16-3)14-12-15-13(9-17-12)6-4-5-7-13/h10-11H,4-9H2,1-3H3,(H,14,15). The fourth-order valence-electron chi connectivity index (χ4n) is 2.60. The molecule has 2 fully saturated rings. The highest BCUT2D eigenvalue weighted by molar-refractivity contribution is 8.14. The minimum atomic E-state index is 0.284. The maximum absolute atomic E-state index is 5.25. The van der Waals surface area contributed by atoms with Crippen molar-refractivity contribution < 1.29 is 4.74 Å². The van der Waals surface area contributed by atoms with E-state index in [0.717, 1.165) is 11.8 Å². The summed E-state index contributed by atoms with van der Waals surface area (Å²) in [6.45, 7) is 5.13. The molecule has 0 radical (unpaired) electrons. The molecule has 1 N–H and O–H groups in total. The van der Waals surface area contributed by atoms with Crippen molar-refractivity contribution in [1.82, 2.24) is 5.32 Å². The van der Waals surface area contributed by atoms with Gasteiger partial charge in [0.05, 0.1) is 12.6 Å². The van der Waals surface area contributed by atoms with E-state index in [0.29, 0.717) is 11.5 Å². The number of nitrogens with one attached hydrogen (secondary N) is 1. The van der Waals surface area contributed by atoms with Crippen molar-refractivity contribution in [3.63, 3.8) is 0 Å². The van der Waals surface area contributed by atoms with E-state index in [-0.39, 0.29) is 6.04 Å². The third kappa shape index (κ3) is 3.16. The molecular formula is C13H24N2OS. The van der Waals surface area contributed by atoms with Gasteiger partial charge in [0.25, 0.3) is 0 Å². The molecule has 4 heteroatoms. The Balaban J connectivity index is 1.98. The van der Waals surface area contributed by atoms with Gasteiger partial charge >= 0.3 is 0 Å². The van der Waals surface area contributed by atoms with E-state index >= 15 is 0 Å². The molecule has 1 saturated carbocycles. The molecule has 0 aromatic carbocycles. The van der Waals surface area contributed by atoms with Crippen LogP contribution in [-0.2, 0) is 4.74 Å². The Kier molecular flexibility index (Phi) is 4.36. The number of thioether (sulfide) groups is 1. The summed E-state index contributed by atoms with van der Waals surface area (Å²) >= 11 is 1.89. The van der Waals surface area contributed by atoms with Gasteiger partial charge in [0.15, 0.2) is 5.17 Å². The first-order valence-electron chi connectivity index (χ1n) is 6.63. The van der Waals surface area contributed by atoms with Gasteiger partial charge in [-0.25, -0.2) is 0 Å². The number of rotatable bonds is 4. The van der Waals surface area contributed by atoms with Crippen molar-refractivity contribution in [3.05, 3.63) is 0 Å². The summed E-state index contributed by atoms with van der Waals surface area (Å²) in [7, 11) is 1.75. The molecule has 0 amide bonds. The quantitative estimate of drug-likeness (QED) is 0.839. The van der Waals surface area contributed by atoms with Gasteiger partial charge in [-0.15, -0.1) is 0 Å². The van der Waals surface area contributed by atoms with Gasteiger partial charge in [-0.05, 0) is 18.8 Å². The van der Waals surface area contributed by atoms with Gasteiger partial charge in [-0.2, -0.15) is 0 Å². The molecule has 0 aromatic rings. The molecule has 3 nitrogen and oxygen atoms in total. The first kappa shape index (κ1) is 13.2. The molecular weight excluding hydrogens is 232 g/mol. The van der Waals surface area contributed by atoms with Gasteiger partial charge in [0.1, 0.15) is 0 Å². The molecule has 1 atom stereocenters. The second kappa shape index (κ2) is 5.61. The summed E-state index contributed by atoms with van der Waals surface area (Å²) in [6, 6.07) is 0.284. The number of hydrogen-bond donors (Lipinski definition) is 1. The van der Waals surface area contributed by atoms with Gasteiger partial charge in [0.2, 0.25) is 0 Å². The molecule has 0 bridgehead atoms. The van der Waals surface area contributed by atoms with Crippen LogP contribution in [0.15, 0.2) is 4.99 Å². The molecule has 1 aliphatic carbocycles. The maximum atomic E-state index is 5.25. The molecule has 1 aliphatic heterocycles. The molecule has 1 saturated heterocycles. The Bertz CT molecular complexity index is 285. The topological polar surface area (TPSA) is 33.6 Å². The summed E-state index contributed by atoms with van der Waals surface area (Å²) in [4.78, 5) is 4.83. The number of methoxy groups -OCH3 is 1. The van der Waals surface area contributed by atoms with Crippen LogP contribution in [0.1, 0.15) is 39.5 Å². The van der Waals surface area contributed by atoms with E-state index < -0.39 is 0 Å². The van der Waals surface area contributed by atoms with Crippen molar-refractivity contribution in [3.8, 4) is 0 Å². The fraction of sp³-hybridized carbons (Fsp3) is 0.923. The summed E-state index contributed by atoms with van der Waals surface area (Å²) in [5.74, 6) is 1.73. The van der Waals surface area contributed by atoms with Crippen LogP contribution in [0.5, 0.6) is 0 Å². The van der Waals surface area contributed by atoms with Crippen molar-refractivity contribution in [1.29, 1.82) is 0 Å². The second-order valence-corrected chi connectivity index (χ2v) is 6.57. The average molecular weight is 256 g/mol. The van der Waals surface area contributed by atoms with Crippen LogP contribution in [0.25, 0.3) is 0 Å². The van der Waals surface area contributed by atoms with Crippen LogP contribution in [0.4, 0.5) is 0 Å². The lowest BCUT2D eigenvalue weighted by molar-refractivity contribution is 0.165. The molecule has 1 heterocycles. The number of nitrogens with zero attached hydrogens (tertiary/aromatic N) is 1. The maximum Gasteiger partial charge on any atom is 0.157 e. The summed E-state index contributed by atoms with van der Waals surface area (Å²) < 4.78 is 5.25. The SMILES string of the molecule is COCC(N=C1NC2(CCCC2)CS1)C(C)C. The fourth-order valence-corrected chi connectivity index (χ4v) is 3.87.